The summed E-state index contributed by atoms with van der Waals surface area (Å²) in [6, 6.07) is 8.28. The zero-order chi connectivity index (χ0) is 18.1. The first-order valence-electron chi connectivity index (χ1n) is 7.44. The third-order valence-electron chi connectivity index (χ3n) is 3.21. The van der Waals surface area contributed by atoms with Crippen LogP contribution < -0.4 is 5.32 Å². The van der Waals surface area contributed by atoms with Crippen LogP contribution in [0.25, 0.3) is 0 Å². The Morgan fingerprint density at radius 2 is 1.92 bits per heavy atom. The van der Waals surface area contributed by atoms with Gasteiger partial charge in [-0.15, -0.1) is 0 Å². The van der Waals surface area contributed by atoms with E-state index < -0.39 is 30.5 Å². The van der Waals surface area contributed by atoms with Crippen LogP contribution in [0.3, 0.4) is 0 Å². The van der Waals surface area contributed by atoms with Crippen LogP contribution in [0.2, 0.25) is 0 Å². The van der Waals surface area contributed by atoms with Crippen molar-refractivity contribution in [2.75, 3.05) is 13.7 Å². The molecule has 130 valence electrons. The number of esters is 2. The first-order valence-corrected chi connectivity index (χ1v) is 7.44. The lowest BCUT2D eigenvalue weighted by Gasteiger charge is -2.16. The molecule has 0 saturated heterocycles. The highest BCUT2D eigenvalue weighted by atomic mass is 16.5. The molecule has 0 spiro atoms. The minimum atomic E-state index is -0.880. The summed E-state index contributed by atoms with van der Waals surface area (Å²) in [5, 5.41) is 2.50. The van der Waals surface area contributed by atoms with Crippen molar-refractivity contribution in [3.8, 4) is 0 Å². The SMILES string of the molecule is COC(=O)C(Cc1ccccc1)NC(=O)COC(=O)c1cnccn1. The van der Waals surface area contributed by atoms with Crippen LogP contribution in [-0.2, 0) is 25.5 Å². The minimum Gasteiger partial charge on any atom is -0.467 e. The van der Waals surface area contributed by atoms with Gasteiger partial charge in [0.1, 0.15) is 6.04 Å². The fourth-order valence-corrected chi connectivity index (χ4v) is 2.03. The first kappa shape index (κ1) is 18.1. The molecule has 2 aromatic rings. The molecule has 1 aromatic heterocycles. The second-order valence-corrected chi connectivity index (χ2v) is 5.00. The molecule has 2 rings (SSSR count). The van der Waals surface area contributed by atoms with Crippen molar-refractivity contribution in [3.63, 3.8) is 0 Å². The molecule has 0 fully saturated rings. The van der Waals surface area contributed by atoms with Crippen molar-refractivity contribution in [1.82, 2.24) is 15.3 Å². The van der Waals surface area contributed by atoms with Crippen molar-refractivity contribution < 1.29 is 23.9 Å². The van der Waals surface area contributed by atoms with Crippen LogP contribution in [0, 0.1) is 0 Å². The molecule has 8 heteroatoms. The van der Waals surface area contributed by atoms with Crippen LogP contribution in [-0.4, -0.2) is 47.6 Å². The van der Waals surface area contributed by atoms with Crippen LogP contribution in [0.4, 0.5) is 0 Å². The van der Waals surface area contributed by atoms with E-state index in [1.807, 2.05) is 30.3 Å². The van der Waals surface area contributed by atoms with E-state index in [0.717, 1.165) is 5.56 Å². The maximum Gasteiger partial charge on any atom is 0.359 e. The summed E-state index contributed by atoms with van der Waals surface area (Å²) in [6.45, 7) is -0.544. The largest absolute Gasteiger partial charge is 0.467 e. The van der Waals surface area contributed by atoms with Crippen LogP contribution >= 0.6 is 0 Å². The summed E-state index contributed by atoms with van der Waals surface area (Å²) in [7, 11) is 1.24. The molecule has 0 radical (unpaired) electrons. The molecule has 0 aliphatic carbocycles. The quantitative estimate of drug-likeness (QED) is 0.731. The van der Waals surface area contributed by atoms with Gasteiger partial charge in [-0.05, 0) is 5.56 Å². The van der Waals surface area contributed by atoms with Gasteiger partial charge in [-0.1, -0.05) is 30.3 Å². The summed E-state index contributed by atoms with van der Waals surface area (Å²) in [5.74, 6) is -1.98. The molecule has 1 N–H and O–H groups in total. The van der Waals surface area contributed by atoms with E-state index >= 15 is 0 Å². The Bertz CT molecular complexity index is 722. The molecule has 1 heterocycles. The molecule has 1 unspecified atom stereocenters. The summed E-state index contributed by atoms with van der Waals surface area (Å²) in [6.07, 6.45) is 4.24. The number of nitrogens with zero attached hydrogens (tertiary/aromatic N) is 2. The van der Waals surface area contributed by atoms with E-state index in [9.17, 15) is 14.4 Å². The minimum absolute atomic E-state index is 0.0101. The van der Waals surface area contributed by atoms with Gasteiger partial charge in [0.15, 0.2) is 12.3 Å². The Morgan fingerprint density at radius 1 is 1.16 bits per heavy atom. The second kappa shape index (κ2) is 9.11. The molecule has 1 aromatic carbocycles. The zero-order valence-electron chi connectivity index (χ0n) is 13.5. The molecule has 8 nitrogen and oxygen atoms in total. The van der Waals surface area contributed by atoms with Crippen LogP contribution in [0.5, 0.6) is 0 Å². The van der Waals surface area contributed by atoms with E-state index in [2.05, 4.69) is 15.3 Å². The number of hydrogen-bond donors (Lipinski definition) is 1. The predicted molar refractivity (Wildman–Crippen MR) is 86.4 cm³/mol. The summed E-state index contributed by atoms with van der Waals surface area (Å²) >= 11 is 0. The van der Waals surface area contributed by atoms with Gasteiger partial charge in [-0.2, -0.15) is 0 Å². The van der Waals surface area contributed by atoms with Crippen LogP contribution in [0.1, 0.15) is 16.1 Å². The molecule has 1 amide bonds. The third-order valence-corrected chi connectivity index (χ3v) is 3.21. The van der Waals surface area contributed by atoms with Gasteiger partial charge in [-0.3, -0.25) is 9.78 Å². The highest BCUT2D eigenvalue weighted by Crippen LogP contribution is 2.05. The van der Waals surface area contributed by atoms with Crippen molar-refractivity contribution in [2.24, 2.45) is 0 Å². The lowest BCUT2D eigenvalue weighted by molar-refractivity contribution is -0.145. The number of carbonyl (C=O) groups excluding carboxylic acids is 3. The highest BCUT2D eigenvalue weighted by Gasteiger charge is 2.22. The van der Waals surface area contributed by atoms with Gasteiger partial charge in [0.25, 0.3) is 5.91 Å². The predicted octanol–water partition coefficient (Wildman–Crippen LogP) is 0.534. The monoisotopic (exact) mass is 343 g/mol. The summed E-state index contributed by atoms with van der Waals surface area (Å²) in [4.78, 5) is 43.0. The molecule has 0 bridgehead atoms. The van der Waals surface area contributed by atoms with Crippen molar-refractivity contribution >= 4 is 17.8 Å². The van der Waals surface area contributed by atoms with Gasteiger partial charge in [0, 0.05) is 18.8 Å². The molecule has 0 aliphatic rings. The van der Waals surface area contributed by atoms with Crippen molar-refractivity contribution in [2.45, 2.75) is 12.5 Å². The van der Waals surface area contributed by atoms with Crippen molar-refractivity contribution in [3.05, 3.63) is 60.2 Å². The number of ether oxygens (including phenoxy) is 2. The number of hydrogen-bond acceptors (Lipinski definition) is 7. The summed E-state index contributed by atoms with van der Waals surface area (Å²) in [5.41, 5.74) is 0.846. The third kappa shape index (κ3) is 5.69. The molecular weight excluding hydrogens is 326 g/mol. The smallest absolute Gasteiger partial charge is 0.359 e. The van der Waals surface area contributed by atoms with Crippen LogP contribution in [0.15, 0.2) is 48.9 Å². The average Bonchev–Trinajstić information content (AvgIpc) is 2.66. The Kier molecular flexibility index (Phi) is 6.58. The van der Waals surface area contributed by atoms with Gasteiger partial charge >= 0.3 is 11.9 Å². The number of rotatable bonds is 7. The van der Waals surface area contributed by atoms with E-state index in [0.29, 0.717) is 0 Å². The fourth-order valence-electron chi connectivity index (χ4n) is 2.03. The van der Waals surface area contributed by atoms with E-state index in [1.165, 1.54) is 25.7 Å². The molecule has 0 saturated carbocycles. The lowest BCUT2D eigenvalue weighted by atomic mass is 10.1. The van der Waals surface area contributed by atoms with E-state index in [4.69, 9.17) is 9.47 Å². The standard InChI is InChI=1S/C17H17N3O5/c1-24-16(22)13(9-12-5-3-2-4-6-12)20-15(21)11-25-17(23)14-10-18-7-8-19-14/h2-8,10,13H,9,11H2,1H3,(H,20,21). The van der Waals surface area contributed by atoms with Gasteiger partial charge < -0.3 is 14.8 Å². The van der Waals surface area contributed by atoms with Gasteiger partial charge in [-0.25, -0.2) is 14.6 Å². The zero-order valence-corrected chi connectivity index (χ0v) is 13.5. The number of nitrogens with one attached hydrogen (secondary N) is 1. The molecular formula is C17H17N3O5. The topological polar surface area (TPSA) is 107 Å². The number of methoxy groups -OCH3 is 1. The Morgan fingerprint density at radius 3 is 2.56 bits per heavy atom. The molecule has 0 aliphatic heterocycles. The lowest BCUT2D eigenvalue weighted by Crippen LogP contribution is -2.44. The van der Waals surface area contributed by atoms with E-state index in [-0.39, 0.29) is 12.1 Å². The number of benzene rings is 1. The Labute approximate surface area is 144 Å². The fraction of sp³-hybridized carbons (Fsp3) is 0.235. The second-order valence-electron chi connectivity index (χ2n) is 5.00. The summed E-state index contributed by atoms with van der Waals surface area (Å²) < 4.78 is 9.55. The maximum atomic E-state index is 12.0. The molecule has 1 atom stereocenters. The number of aromatic nitrogens is 2. The van der Waals surface area contributed by atoms with Gasteiger partial charge in [0.05, 0.1) is 13.3 Å². The Hall–Kier alpha value is -3.29. The number of amides is 1. The maximum absolute atomic E-state index is 12.0. The number of carbonyl (C=O) groups is 3. The molecule has 25 heavy (non-hydrogen) atoms. The van der Waals surface area contributed by atoms with Gasteiger partial charge in [0.2, 0.25) is 0 Å². The van der Waals surface area contributed by atoms with E-state index in [1.54, 1.807) is 0 Å². The average molecular weight is 343 g/mol. The highest BCUT2D eigenvalue weighted by molar-refractivity contribution is 5.90. The Balaban J connectivity index is 1.90. The van der Waals surface area contributed by atoms with Crippen molar-refractivity contribution in [1.29, 1.82) is 0 Å². The normalized spacial score (nSPS) is 11.2. The first-order chi connectivity index (χ1) is 12.1.